The molecule has 1 saturated heterocycles. The predicted molar refractivity (Wildman–Crippen MR) is 160 cm³/mol. The number of carbonyl (C=O) groups excluding carboxylic acids is 1. The number of aromatic amines is 1. The molecule has 1 atom stereocenters. The fourth-order valence-corrected chi connectivity index (χ4v) is 5.29. The van der Waals surface area contributed by atoms with Gasteiger partial charge in [-0.2, -0.15) is 5.10 Å². The van der Waals surface area contributed by atoms with Crippen LogP contribution in [-0.4, -0.2) is 51.8 Å². The minimum absolute atomic E-state index is 0.0431. The minimum atomic E-state index is -0.151. The number of amides is 1. The van der Waals surface area contributed by atoms with Crippen molar-refractivity contribution in [1.82, 2.24) is 25.5 Å². The van der Waals surface area contributed by atoms with Crippen LogP contribution in [0.25, 0.3) is 22.3 Å². The molecule has 210 valence electrons. The summed E-state index contributed by atoms with van der Waals surface area (Å²) < 4.78 is 5.79. The highest BCUT2D eigenvalue weighted by molar-refractivity contribution is 5.83. The number of ether oxygens (including phenoxy) is 1. The van der Waals surface area contributed by atoms with Gasteiger partial charge < -0.3 is 20.3 Å². The number of nitrogens with one attached hydrogen (secondary N) is 3. The molecule has 2 aromatic carbocycles. The predicted octanol–water partition coefficient (Wildman–Crippen LogP) is 6.07. The fourth-order valence-electron chi connectivity index (χ4n) is 5.29. The van der Waals surface area contributed by atoms with Crippen LogP contribution in [-0.2, 0) is 4.79 Å². The molecule has 40 heavy (non-hydrogen) atoms. The average molecular weight is 542 g/mol. The Morgan fingerprint density at radius 1 is 1.12 bits per heavy atom. The van der Waals surface area contributed by atoms with Crippen LogP contribution in [0.15, 0.2) is 54.7 Å². The molecule has 0 saturated carbocycles. The lowest BCUT2D eigenvalue weighted by Gasteiger charge is -2.23. The lowest BCUT2D eigenvalue weighted by molar-refractivity contribution is -0.123. The van der Waals surface area contributed by atoms with Crippen molar-refractivity contribution in [1.29, 1.82) is 0 Å². The van der Waals surface area contributed by atoms with Gasteiger partial charge in [0.25, 0.3) is 5.91 Å². The Labute approximate surface area is 235 Å². The normalized spacial score (nSPS) is 15.7. The van der Waals surface area contributed by atoms with Crippen LogP contribution in [0.1, 0.15) is 52.9 Å². The molecule has 2 aromatic heterocycles. The molecule has 3 N–H and O–H groups in total. The molecule has 1 aliphatic rings. The van der Waals surface area contributed by atoms with E-state index < -0.39 is 0 Å². The Morgan fingerprint density at radius 2 is 2.02 bits per heavy atom. The molecule has 0 aliphatic carbocycles. The number of nitrogens with zero attached hydrogens (tertiary/aromatic N) is 4. The number of fused-ring (bicyclic) bond motifs is 1. The highest BCUT2D eigenvalue weighted by Gasteiger charge is 2.20. The minimum Gasteiger partial charge on any atom is -0.484 e. The highest BCUT2D eigenvalue weighted by Crippen LogP contribution is 2.30. The zero-order chi connectivity index (χ0) is 27.9. The lowest BCUT2D eigenvalue weighted by Crippen LogP contribution is -2.34. The summed E-state index contributed by atoms with van der Waals surface area (Å²) in [4.78, 5) is 24.4. The van der Waals surface area contributed by atoms with E-state index in [4.69, 9.17) is 14.7 Å². The summed E-state index contributed by atoms with van der Waals surface area (Å²) in [6, 6.07) is 15.8. The fraction of sp³-hybridized carbons (Fsp3) is 0.419. The average Bonchev–Trinajstić information content (AvgIpc) is 3.28. The maximum Gasteiger partial charge on any atom is 0.258 e. The largest absolute Gasteiger partial charge is 0.484 e. The van der Waals surface area contributed by atoms with E-state index >= 15 is 0 Å². The van der Waals surface area contributed by atoms with Gasteiger partial charge in [-0.25, -0.2) is 9.97 Å². The number of hydrogen-bond acceptors (Lipinski definition) is 7. The van der Waals surface area contributed by atoms with Gasteiger partial charge in [0.2, 0.25) is 0 Å². The van der Waals surface area contributed by atoms with Crippen molar-refractivity contribution in [3.05, 3.63) is 54.7 Å². The molecular weight excluding hydrogens is 502 g/mol. The Morgan fingerprint density at radius 3 is 2.88 bits per heavy atom. The number of carbonyl (C=O) groups is 1. The first kappa shape index (κ1) is 27.4. The first-order chi connectivity index (χ1) is 19.5. The first-order valence-corrected chi connectivity index (χ1v) is 14.3. The van der Waals surface area contributed by atoms with Gasteiger partial charge in [0.05, 0.1) is 11.7 Å². The Kier molecular flexibility index (Phi) is 8.78. The second-order valence-corrected chi connectivity index (χ2v) is 10.8. The summed E-state index contributed by atoms with van der Waals surface area (Å²) in [5.74, 6) is 3.47. The topological polar surface area (TPSA) is 108 Å². The smallest absolute Gasteiger partial charge is 0.258 e. The third-order valence-corrected chi connectivity index (χ3v) is 7.21. The van der Waals surface area contributed by atoms with Gasteiger partial charge in [-0.05, 0) is 69.4 Å². The quantitative estimate of drug-likeness (QED) is 0.223. The SMILES string of the molecule is CCCC1CCCN(c2cc(Nc3ccc4[nH]ncc4c3)nc(-c3cccc(OCC(=O)NC(C)C)c3)n2)CC1. The second-order valence-electron chi connectivity index (χ2n) is 10.8. The summed E-state index contributed by atoms with van der Waals surface area (Å²) in [6.45, 7) is 8.04. The number of anilines is 3. The van der Waals surface area contributed by atoms with Gasteiger partial charge in [-0.1, -0.05) is 31.9 Å². The number of benzene rings is 2. The molecule has 9 heteroatoms. The summed E-state index contributed by atoms with van der Waals surface area (Å²) >= 11 is 0. The van der Waals surface area contributed by atoms with Gasteiger partial charge >= 0.3 is 0 Å². The van der Waals surface area contributed by atoms with Gasteiger partial charge in [0, 0.05) is 41.8 Å². The monoisotopic (exact) mass is 541 g/mol. The molecule has 0 radical (unpaired) electrons. The van der Waals surface area contributed by atoms with Crippen molar-refractivity contribution in [3.8, 4) is 17.1 Å². The van der Waals surface area contributed by atoms with Gasteiger partial charge in [-0.3, -0.25) is 9.89 Å². The van der Waals surface area contributed by atoms with E-state index in [9.17, 15) is 4.79 Å². The maximum absolute atomic E-state index is 12.1. The van der Waals surface area contributed by atoms with Crippen LogP contribution in [0.2, 0.25) is 0 Å². The van der Waals surface area contributed by atoms with Crippen molar-refractivity contribution in [2.75, 3.05) is 29.9 Å². The van der Waals surface area contributed by atoms with Gasteiger partial charge in [0.15, 0.2) is 12.4 Å². The third kappa shape index (κ3) is 7.08. The van der Waals surface area contributed by atoms with Crippen molar-refractivity contribution < 1.29 is 9.53 Å². The van der Waals surface area contributed by atoms with Gasteiger partial charge in [0.1, 0.15) is 17.4 Å². The molecule has 1 amide bonds. The standard InChI is InChI=1S/C31H39N7O2/c1-4-7-22-8-6-14-38(15-13-22)29-18-28(34-25-11-12-27-24(16-25)19-32-37-27)35-31(36-29)23-9-5-10-26(17-23)40-20-30(39)33-21(2)3/h5,9-12,16-19,21-22H,4,6-8,13-15,20H2,1-3H3,(H,32,37)(H,33,39)(H,34,35,36). The number of rotatable bonds is 10. The Hall–Kier alpha value is -4.14. The van der Waals surface area contributed by atoms with Crippen LogP contribution in [0.5, 0.6) is 5.75 Å². The second kappa shape index (κ2) is 12.8. The van der Waals surface area contributed by atoms with Crippen molar-refractivity contribution >= 4 is 34.1 Å². The number of aromatic nitrogens is 4. The third-order valence-electron chi connectivity index (χ3n) is 7.21. The van der Waals surface area contributed by atoms with E-state index in [1.165, 1.54) is 25.7 Å². The van der Waals surface area contributed by atoms with Crippen LogP contribution in [0.3, 0.4) is 0 Å². The lowest BCUT2D eigenvalue weighted by atomic mass is 9.96. The Bertz CT molecular complexity index is 1430. The van der Waals surface area contributed by atoms with E-state index in [-0.39, 0.29) is 18.6 Å². The number of hydrogen-bond donors (Lipinski definition) is 3. The van der Waals surface area contributed by atoms with E-state index in [2.05, 4.69) is 38.7 Å². The van der Waals surface area contributed by atoms with Crippen LogP contribution in [0.4, 0.5) is 17.3 Å². The van der Waals surface area contributed by atoms with Gasteiger partial charge in [-0.15, -0.1) is 0 Å². The van der Waals surface area contributed by atoms with Crippen molar-refractivity contribution in [2.45, 2.75) is 58.9 Å². The number of H-pyrrole nitrogens is 1. The molecular formula is C31H39N7O2. The maximum atomic E-state index is 12.1. The molecule has 1 aliphatic heterocycles. The summed E-state index contributed by atoms with van der Waals surface area (Å²) in [6.07, 6.45) is 7.93. The van der Waals surface area contributed by atoms with Crippen LogP contribution >= 0.6 is 0 Å². The van der Waals surface area contributed by atoms with E-state index in [1.807, 2.05) is 62.5 Å². The zero-order valence-electron chi connectivity index (χ0n) is 23.6. The zero-order valence-corrected chi connectivity index (χ0v) is 23.6. The van der Waals surface area contributed by atoms with Crippen molar-refractivity contribution in [3.63, 3.8) is 0 Å². The molecule has 1 fully saturated rings. The Balaban J connectivity index is 1.43. The summed E-state index contributed by atoms with van der Waals surface area (Å²) in [5.41, 5.74) is 2.74. The van der Waals surface area contributed by atoms with E-state index in [0.29, 0.717) is 11.6 Å². The van der Waals surface area contributed by atoms with E-state index in [0.717, 1.165) is 59.2 Å². The molecule has 1 unspecified atom stereocenters. The van der Waals surface area contributed by atoms with Crippen LogP contribution < -0.4 is 20.3 Å². The summed E-state index contributed by atoms with van der Waals surface area (Å²) in [5, 5.41) is 14.5. The highest BCUT2D eigenvalue weighted by atomic mass is 16.5. The molecule has 5 rings (SSSR count). The van der Waals surface area contributed by atoms with E-state index in [1.54, 1.807) is 0 Å². The molecule has 4 aromatic rings. The molecule has 3 heterocycles. The molecule has 9 nitrogen and oxygen atoms in total. The molecule has 0 bridgehead atoms. The van der Waals surface area contributed by atoms with Crippen molar-refractivity contribution in [2.24, 2.45) is 5.92 Å². The van der Waals surface area contributed by atoms with Crippen LogP contribution in [0, 0.1) is 5.92 Å². The first-order valence-electron chi connectivity index (χ1n) is 14.3. The molecule has 0 spiro atoms. The summed E-state index contributed by atoms with van der Waals surface area (Å²) in [7, 11) is 0.